The van der Waals surface area contributed by atoms with Gasteiger partial charge in [0.05, 0.1) is 0 Å². The highest BCUT2D eigenvalue weighted by Crippen LogP contribution is 2.38. The van der Waals surface area contributed by atoms with Crippen LogP contribution in [0, 0.1) is 5.92 Å². The van der Waals surface area contributed by atoms with Gasteiger partial charge < -0.3 is 5.73 Å². The zero-order valence-electron chi connectivity index (χ0n) is 9.23. The maximum atomic E-state index is 5.68. The number of hydrogen-bond donors (Lipinski definition) is 1. The number of aromatic nitrogens is 1. The Morgan fingerprint density at radius 1 is 1.33 bits per heavy atom. The van der Waals surface area contributed by atoms with Crippen molar-refractivity contribution in [3.63, 3.8) is 0 Å². The molecule has 0 amide bonds. The molecule has 1 aliphatic carbocycles. The summed E-state index contributed by atoms with van der Waals surface area (Å²) in [6.07, 6.45) is 10.4. The number of hydrogen-bond acceptors (Lipinski definition) is 2. The largest absolute Gasteiger partial charge is 0.330 e. The third-order valence-electron chi connectivity index (χ3n) is 3.56. The summed E-state index contributed by atoms with van der Waals surface area (Å²) in [7, 11) is 0. The van der Waals surface area contributed by atoms with E-state index in [0.29, 0.717) is 5.92 Å². The lowest BCUT2D eigenvalue weighted by Gasteiger charge is -2.31. The van der Waals surface area contributed by atoms with E-state index in [1.807, 2.05) is 18.5 Å². The van der Waals surface area contributed by atoms with Gasteiger partial charge >= 0.3 is 0 Å². The summed E-state index contributed by atoms with van der Waals surface area (Å²) in [6, 6.07) is 4.26. The molecule has 0 spiro atoms. The number of nitrogens with zero attached hydrogens (tertiary/aromatic N) is 1. The second-order valence-electron chi connectivity index (χ2n) is 4.51. The third kappa shape index (κ3) is 2.57. The maximum absolute atomic E-state index is 5.68. The van der Waals surface area contributed by atoms with E-state index in [9.17, 15) is 0 Å². The second-order valence-corrected chi connectivity index (χ2v) is 4.51. The van der Waals surface area contributed by atoms with Crippen LogP contribution in [0.4, 0.5) is 0 Å². The Balaban J connectivity index is 2.11. The van der Waals surface area contributed by atoms with Crippen LogP contribution in [-0.4, -0.2) is 11.5 Å². The highest BCUT2D eigenvalue weighted by Gasteiger charge is 2.25. The smallest absolute Gasteiger partial charge is 0.0302 e. The van der Waals surface area contributed by atoms with Gasteiger partial charge in [-0.1, -0.05) is 18.9 Å². The molecule has 1 aromatic heterocycles. The Morgan fingerprint density at radius 2 is 2.20 bits per heavy atom. The van der Waals surface area contributed by atoms with Gasteiger partial charge in [-0.2, -0.15) is 0 Å². The molecule has 0 aliphatic heterocycles. The number of rotatable bonds is 3. The van der Waals surface area contributed by atoms with E-state index in [-0.39, 0.29) is 0 Å². The number of nitrogens with two attached hydrogens (primary N) is 1. The summed E-state index contributed by atoms with van der Waals surface area (Å²) >= 11 is 0. The van der Waals surface area contributed by atoms with Crippen LogP contribution >= 0.6 is 0 Å². The fourth-order valence-corrected chi connectivity index (χ4v) is 2.80. The van der Waals surface area contributed by atoms with Crippen molar-refractivity contribution in [3.8, 4) is 0 Å². The van der Waals surface area contributed by atoms with E-state index in [1.54, 1.807) is 0 Å². The molecule has 0 saturated heterocycles. The van der Waals surface area contributed by atoms with Crippen molar-refractivity contribution in [2.45, 2.75) is 38.0 Å². The zero-order chi connectivity index (χ0) is 10.5. The van der Waals surface area contributed by atoms with Crippen molar-refractivity contribution in [2.75, 3.05) is 6.54 Å². The van der Waals surface area contributed by atoms with Crippen molar-refractivity contribution >= 4 is 0 Å². The standard InChI is InChI=1S/C13H20N2/c14-8-7-11-4-1-2-6-13(11)12-5-3-9-15-10-12/h3,5,9-11,13H,1-2,4,6-8,14H2. The summed E-state index contributed by atoms with van der Waals surface area (Å²) in [5.74, 6) is 1.49. The van der Waals surface area contributed by atoms with Crippen LogP contribution in [-0.2, 0) is 0 Å². The topological polar surface area (TPSA) is 38.9 Å². The van der Waals surface area contributed by atoms with Gasteiger partial charge in [-0.15, -0.1) is 0 Å². The molecule has 0 aromatic carbocycles. The molecule has 2 nitrogen and oxygen atoms in total. The average Bonchev–Trinajstić information content (AvgIpc) is 2.31. The molecule has 2 atom stereocenters. The third-order valence-corrected chi connectivity index (χ3v) is 3.56. The minimum Gasteiger partial charge on any atom is -0.330 e. The van der Waals surface area contributed by atoms with Crippen LogP contribution in [0.15, 0.2) is 24.5 Å². The van der Waals surface area contributed by atoms with Gasteiger partial charge in [0.25, 0.3) is 0 Å². The first-order valence-electron chi connectivity index (χ1n) is 6.02. The molecule has 1 saturated carbocycles. The zero-order valence-corrected chi connectivity index (χ0v) is 9.23. The Hall–Kier alpha value is -0.890. The lowest BCUT2D eigenvalue weighted by atomic mass is 9.74. The van der Waals surface area contributed by atoms with E-state index in [0.717, 1.165) is 12.5 Å². The number of pyridine rings is 1. The second kappa shape index (κ2) is 5.26. The summed E-state index contributed by atoms with van der Waals surface area (Å²) in [4.78, 5) is 4.22. The van der Waals surface area contributed by atoms with Gasteiger partial charge in [0, 0.05) is 12.4 Å². The first kappa shape index (κ1) is 10.6. The Morgan fingerprint density at radius 3 is 2.93 bits per heavy atom. The van der Waals surface area contributed by atoms with Gasteiger partial charge in [0.2, 0.25) is 0 Å². The van der Waals surface area contributed by atoms with E-state index < -0.39 is 0 Å². The first-order chi connectivity index (χ1) is 7.42. The molecule has 0 radical (unpaired) electrons. The van der Waals surface area contributed by atoms with Gasteiger partial charge in [0.15, 0.2) is 0 Å². The molecule has 15 heavy (non-hydrogen) atoms. The Kier molecular flexibility index (Phi) is 3.73. The van der Waals surface area contributed by atoms with Gasteiger partial charge in [-0.25, -0.2) is 0 Å². The van der Waals surface area contributed by atoms with Gasteiger partial charge in [-0.05, 0) is 49.3 Å². The van der Waals surface area contributed by atoms with Crippen molar-refractivity contribution in [2.24, 2.45) is 11.7 Å². The highest BCUT2D eigenvalue weighted by molar-refractivity contribution is 5.16. The van der Waals surface area contributed by atoms with Crippen molar-refractivity contribution in [1.29, 1.82) is 0 Å². The molecule has 2 rings (SSSR count). The first-order valence-corrected chi connectivity index (χ1v) is 6.02. The lowest BCUT2D eigenvalue weighted by Crippen LogP contribution is -2.20. The molecule has 2 N–H and O–H groups in total. The maximum Gasteiger partial charge on any atom is 0.0302 e. The molecule has 0 bridgehead atoms. The summed E-state index contributed by atoms with van der Waals surface area (Å²) < 4.78 is 0. The minimum atomic E-state index is 0.705. The fraction of sp³-hybridized carbons (Fsp3) is 0.615. The Bertz CT molecular complexity index is 282. The molecule has 1 aromatic rings. The quantitative estimate of drug-likeness (QED) is 0.822. The SMILES string of the molecule is NCCC1CCCCC1c1cccnc1. The van der Waals surface area contributed by atoms with Crippen molar-refractivity contribution in [1.82, 2.24) is 4.98 Å². The van der Waals surface area contributed by atoms with E-state index in [1.165, 1.54) is 37.7 Å². The van der Waals surface area contributed by atoms with E-state index in [2.05, 4.69) is 11.1 Å². The van der Waals surface area contributed by atoms with Gasteiger partial charge in [0.1, 0.15) is 0 Å². The molecule has 82 valence electrons. The molecule has 1 fully saturated rings. The lowest BCUT2D eigenvalue weighted by molar-refractivity contribution is 0.293. The monoisotopic (exact) mass is 204 g/mol. The normalized spacial score (nSPS) is 26.5. The molecule has 1 aliphatic rings. The summed E-state index contributed by atoms with van der Waals surface area (Å²) in [6.45, 7) is 0.821. The van der Waals surface area contributed by atoms with Crippen LogP contribution in [0.2, 0.25) is 0 Å². The summed E-state index contributed by atoms with van der Waals surface area (Å²) in [5.41, 5.74) is 7.10. The van der Waals surface area contributed by atoms with Crippen LogP contribution < -0.4 is 5.73 Å². The molecule has 2 heteroatoms. The predicted molar refractivity (Wildman–Crippen MR) is 62.6 cm³/mol. The van der Waals surface area contributed by atoms with Crippen LogP contribution in [0.3, 0.4) is 0 Å². The van der Waals surface area contributed by atoms with Crippen molar-refractivity contribution in [3.05, 3.63) is 30.1 Å². The molecular formula is C13H20N2. The van der Waals surface area contributed by atoms with Gasteiger partial charge in [-0.3, -0.25) is 4.98 Å². The van der Waals surface area contributed by atoms with E-state index >= 15 is 0 Å². The van der Waals surface area contributed by atoms with Crippen molar-refractivity contribution < 1.29 is 0 Å². The fourth-order valence-electron chi connectivity index (χ4n) is 2.80. The Labute approximate surface area is 91.9 Å². The molecular weight excluding hydrogens is 184 g/mol. The predicted octanol–water partition coefficient (Wildman–Crippen LogP) is 2.70. The average molecular weight is 204 g/mol. The van der Waals surface area contributed by atoms with Crippen LogP contribution in [0.25, 0.3) is 0 Å². The molecule has 1 heterocycles. The van der Waals surface area contributed by atoms with Crippen LogP contribution in [0.1, 0.15) is 43.6 Å². The minimum absolute atomic E-state index is 0.705. The van der Waals surface area contributed by atoms with Crippen LogP contribution in [0.5, 0.6) is 0 Å². The summed E-state index contributed by atoms with van der Waals surface area (Å²) in [5, 5.41) is 0. The highest BCUT2D eigenvalue weighted by atomic mass is 14.6. The van der Waals surface area contributed by atoms with E-state index in [4.69, 9.17) is 5.73 Å². The molecule has 2 unspecified atom stereocenters.